The van der Waals surface area contributed by atoms with Crippen molar-refractivity contribution in [2.75, 3.05) is 5.73 Å². The van der Waals surface area contributed by atoms with Crippen molar-refractivity contribution in [2.24, 2.45) is 0 Å². The maximum atomic E-state index is 9.20. The molecule has 32 heavy (non-hydrogen) atoms. The van der Waals surface area contributed by atoms with E-state index in [1.54, 1.807) is 23.1 Å². The van der Waals surface area contributed by atoms with E-state index in [1.165, 1.54) is 0 Å². The number of hydrogen-bond donors (Lipinski definition) is 1. The van der Waals surface area contributed by atoms with Gasteiger partial charge >= 0.3 is 0 Å². The number of rotatable bonds is 4. The van der Waals surface area contributed by atoms with Crippen LogP contribution in [-0.4, -0.2) is 33.0 Å². The fraction of sp³-hybridized carbons (Fsp3) is 0.261. The lowest BCUT2D eigenvalue weighted by Crippen LogP contribution is -2.48. The Kier molecular flexibility index (Phi) is 5.18. The van der Waals surface area contributed by atoms with Gasteiger partial charge < -0.3 is 10.3 Å². The molecule has 0 atom stereocenters. The minimum atomic E-state index is -2.26. The zero-order valence-electron chi connectivity index (χ0n) is 18.8. The minimum Gasteiger partial charge on any atom is -0.466 e. The summed E-state index contributed by atoms with van der Waals surface area (Å²) in [6.45, 7) is 10.8. The molecule has 0 aliphatic rings. The number of fused-ring (bicyclic) bond motifs is 1. The van der Waals surface area contributed by atoms with Crippen molar-refractivity contribution in [1.29, 1.82) is 5.26 Å². The summed E-state index contributed by atoms with van der Waals surface area (Å²) in [4.78, 5) is 18.2. The molecule has 0 aliphatic heterocycles. The van der Waals surface area contributed by atoms with E-state index in [0.717, 1.165) is 0 Å². The average molecular weight is 444 g/mol. The fourth-order valence-corrected chi connectivity index (χ4v) is 3.85. The van der Waals surface area contributed by atoms with Crippen LogP contribution in [0, 0.1) is 11.3 Å². The van der Waals surface area contributed by atoms with E-state index in [2.05, 4.69) is 49.9 Å². The van der Waals surface area contributed by atoms with Gasteiger partial charge in [-0.15, -0.1) is 0 Å². The molecule has 8 nitrogen and oxygen atoms in total. The summed E-state index contributed by atoms with van der Waals surface area (Å²) in [6.07, 6.45) is 1.64. The van der Waals surface area contributed by atoms with Crippen LogP contribution >= 0.6 is 0 Å². The van der Waals surface area contributed by atoms with E-state index >= 15 is 0 Å². The van der Waals surface area contributed by atoms with Crippen molar-refractivity contribution in [2.45, 2.75) is 38.9 Å². The van der Waals surface area contributed by atoms with Gasteiger partial charge in [0.1, 0.15) is 23.1 Å². The summed E-state index contributed by atoms with van der Waals surface area (Å²) in [5.74, 6) is 0.922. The minimum absolute atomic E-state index is 0.0400. The Bertz CT molecular complexity index is 1350. The molecule has 4 aromatic heterocycles. The van der Waals surface area contributed by atoms with Crippen LogP contribution in [-0.2, 0) is 0 Å². The van der Waals surface area contributed by atoms with Gasteiger partial charge in [-0.1, -0.05) is 26.8 Å². The van der Waals surface area contributed by atoms with E-state index in [4.69, 9.17) is 20.2 Å². The van der Waals surface area contributed by atoms with Crippen LogP contribution < -0.4 is 10.3 Å². The van der Waals surface area contributed by atoms with Crippen LogP contribution in [0.4, 0.5) is 5.82 Å². The van der Waals surface area contributed by atoms with Gasteiger partial charge in [-0.25, -0.2) is 19.9 Å². The summed E-state index contributed by atoms with van der Waals surface area (Å²) in [6, 6.07) is 14.7. The molecular formula is C23H25N7OSi. The van der Waals surface area contributed by atoms with E-state index in [0.29, 0.717) is 45.5 Å². The van der Waals surface area contributed by atoms with Gasteiger partial charge in [0.2, 0.25) is 0 Å². The lowest BCUT2D eigenvalue weighted by atomic mass is 10.2. The molecule has 4 rings (SSSR count). The lowest BCUT2D eigenvalue weighted by molar-refractivity contribution is 0.264. The normalized spacial score (nSPS) is 12.0. The third-order valence-electron chi connectivity index (χ3n) is 5.80. The van der Waals surface area contributed by atoms with E-state index < -0.39 is 8.32 Å². The highest BCUT2D eigenvalue weighted by Gasteiger charge is 2.41. The molecule has 0 radical (unpaired) electrons. The van der Waals surface area contributed by atoms with Gasteiger partial charge in [-0.3, -0.25) is 0 Å². The third-order valence-corrected chi connectivity index (χ3v) is 10.0. The molecule has 0 saturated carbocycles. The molecule has 4 heterocycles. The number of hydrogen-bond acceptors (Lipinski definition) is 7. The molecule has 0 aliphatic carbocycles. The highest BCUT2D eigenvalue weighted by molar-refractivity contribution is 6.74. The topological polar surface area (TPSA) is 116 Å². The molecule has 2 N–H and O–H groups in total. The van der Waals surface area contributed by atoms with Crippen LogP contribution in [0.2, 0.25) is 18.1 Å². The molecule has 0 unspecified atom stereocenters. The van der Waals surface area contributed by atoms with Crippen molar-refractivity contribution >= 4 is 25.3 Å². The monoisotopic (exact) mass is 443 g/mol. The van der Waals surface area contributed by atoms with Crippen LogP contribution in [0.1, 0.15) is 26.5 Å². The maximum Gasteiger partial charge on any atom is 0.284 e. The Balaban J connectivity index is 1.96. The van der Waals surface area contributed by atoms with Gasteiger partial charge in [0, 0.05) is 6.20 Å². The first kappa shape index (κ1) is 21.5. The van der Waals surface area contributed by atoms with E-state index in [-0.39, 0.29) is 5.04 Å². The van der Waals surface area contributed by atoms with Gasteiger partial charge in [-0.2, -0.15) is 9.99 Å². The Labute approximate surface area is 187 Å². The predicted molar refractivity (Wildman–Crippen MR) is 127 cm³/mol. The summed E-state index contributed by atoms with van der Waals surface area (Å²) in [5, 5.41) is 9.16. The first-order chi connectivity index (χ1) is 15.1. The molecule has 0 spiro atoms. The first-order valence-electron chi connectivity index (χ1n) is 10.3. The molecule has 0 bridgehead atoms. The van der Waals surface area contributed by atoms with Crippen molar-refractivity contribution in [3.63, 3.8) is 0 Å². The van der Waals surface area contributed by atoms with Crippen LogP contribution in [0.3, 0.4) is 0 Å². The number of anilines is 1. The second-order valence-electron chi connectivity index (χ2n) is 9.08. The number of nitriles is 1. The molecule has 4 aromatic rings. The number of nitrogens with two attached hydrogens (primary N) is 1. The molecule has 9 heteroatoms. The average Bonchev–Trinajstić information content (AvgIpc) is 3.10. The quantitative estimate of drug-likeness (QED) is 0.463. The van der Waals surface area contributed by atoms with Crippen LogP contribution in [0.5, 0.6) is 0 Å². The zero-order valence-corrected chi connectivity index (χ0v) is 19.8. The zero-order chi connectivity index (χ0) is 23.1. The number of pyridine rings is 3. The van der Waals surface area contributed by atoms with Crippen molar-refractivity contribution in [3.05, 3.63) is 54.4 Å². The summed E-state index contributed by atoms with van der Waals surface area (Å²) in [7, 11) is -2.26. The van der Waals surface area contributed by atoms with E-state index in [9.17, 15) is 5.26 Å². The first-order valence-corrected chi connectivity index (χ1v) is 13.2. The summed E-state index contributed by atoms with van der Waals surface area (Å²) in [5.41, 5.74) is 9.65. The van der Waals surface area contributed by atoms with Crippen molar-refractivity contribution in [1.82, 2.24) is 24.7 Å². The van der Waals surface area contributed by atoms with Gasteiger partial charge in [0.25, 0.3) is 8.32 Å². The largest absolute Gasteiger partial charge is 0.466 e. The summed E-state index contributed by atoms with van der Waals surface area (Å²) >= 11 is 0. The molecule has 0 aromatic carbocycles. The fourth-order valence-electron chi connectivity index (χ4n) is 2.95. The van der Waals surface area contributed by atoms with Gasteiger partial charge in [0.05, 0.1) is 17.0 Å². The Morgan fingerprint density at radius 3 is 2.44 bits per heavy atom. The number of imidazole rings is 1. The Hall–Kier alpha value is -3.77. The Morgan fingerprint density at radius 1 is 1.00 bits per heavy atom. The van der Waals surface area contributed by atoms with Gasteiger partial charge in [-0.05, 0) is 54.5 Å². The SMILES string of the molecule is CC(C)(C)[Si](C)(C)On1c(-c2cccnc2N)nc2ccc(-c3cccc(C#N)n3)nc21. The summed E-state index contributed by atoms with van der Waals surface area (Å²) < 4.78 is 8.36. The number of aromatic nitrogens is 5. The maximum absolute atomic E-state index is 9.20. The predicted octanol–water partition coefficient (Wildman–Crippen LogP) is 4.44. The van der Waals surface area contributed by atoms with Crippen molar-refractivity contribution in [3.8, 4) is 28.8 Å². The number of nitrogen functional groups attached to an aromatic ring is 1. The highest BCUT2D eigenvalue weighted by Crippen LogP contribution is 2.37. The van der Waals surface area contributed by atoms with Gasteiger partial charge in [0.15, 0.2) is 11.5 Å². The Morgan fingerprint density at radius 2 is 1.75 bits per heavy atom. The molecule has 0 saturated heterocycles. The van der Waals surface area contributed by atoms with Crippen LogP contribution in [0.15, 0.2) is 48.7 Å². The second kappa shape index (κ2) is 7.73. The standard InChI is InChI=1S/C23H25N7OSi/c1-23(2,3)32(4,5)31-30-21(16-9-7-13-26-20(16)25)29-19-12-11-18(28-22(19)30)17-10-6-8-15(14-24)27-17/h6-13H,1-5H3,(H2,25,26). The van der Waals surface area contributed by atoms with Crippen molar-refractivity contribution < 1.29 is 4.53 Å². The molecule has 0 fully saturated rings. The van der Waals surface area contributed by atoms with Crippen LogP contribution in [0.25, 0.3) is 33.9 Å². The third kappa shape index (κ3) is 3.81. The van der Waals surface area contributed by atoms with E-state index in [1.807, 2.05) is 30.3 Å². The highest BCUT2D eigenvalue weighted by atomic mass is 28.4. The lowest BCUT2D eigenvalue weighted by Gasteiger charge is -2.36. The second-order valence-corrected chi connectivity index (χ2v) is 13.8. The molecule has 162 valence electrons. The molecular weight excluding hydrogens is 418 g/mol. The number of nitrogens with zero attached hydrogens (tertiary/aromatic N) is 6. The smallest absolute Gasteiger partial charge is 0.284 e. The molecule has 0 amide bonds.